The van der Waals surface area contributed by atoms with Crippen LogP contribution in [0.4, 0.5) is 0 Å². The van der Waals surface area contributed by atoms with Gasteiger partial charge < -0.3 is 15.7 Å². The van der Waals surface area contributed by atoms with E-state index in [9.17, 15) is 9.90 Å². The number of hydrogen-bond donors (Lipinski definition) is 2. The van der Waals surface area contributed by atoms with E-state index < -0.39 is 6.04 Å². The van der Waals surface area contributed by atoms with Gasteiger partial charge in [0, 0.05) is 13.1 Å². The lowest BCUT2D eigenvalue weighted by molar-refractivity contribution is -0.131. The molecule has 0 aliphatic carbocycles. The van der Waals surface area contributed by atoms with Crippen LogP contribution in [0.25, 0.3) is 0 Å². The van der Waals surface area contributed by atoms with Gasteiger partial charge in [-0.3, -0.25) is 4.79 Å². The molecular formula is C9H18N2O2S. The van der Waals surface area contributed by atoms with Gasteiger partial charge in [-0.15, -0.1) is 0 Å². The first-order valence-corrected chi connectivity index (χ1v) is 6.26. The fourth-order valence-electron chi connectivity index (χ4n) is 1.54. The van der Waals surface area contributed by atoms with E-state index in [0.29, 0.717) is 25.9 Å². The van der Waals surface area contributed by atoms with E-state index in [0.717, 1.165) is 5.75 Å². The van der Waals surface area contributed by atoms with Crippen LogP contribution in [0.5, 0.6) is 0 Å². The van der Waals surface area contributed by atoms with E-state index in [1.54, 1.807) is 16.7 Å². The molecule has 0 spiro atoms. The Balaban J connectivity index is 2.32. The second-order valence-electron chi connectivity index (χ2n) is 3.61. The molecule has 0 radical (unpaired) electrons. The van der Waals surface area contributed by atoms with Crippen LogP contribution >= 0.6 is 11.8 Å². The first kappa shape index (κ1) is 11.8. The molecule has 2 atom stereocenters. The van der Waals surface area contributed by atoms with Gasteiger partial charge in [-0.1, -0.05) is 0 Å². The summed E-state index contributed by atoms with van der Waals surface area (Å²) in [6, 6.07) is -0.396. The molecule has 1 amide bonds. The fourth-order valence-corrected chi connectivity index (χ4v) is 2.03. The van der Waals surface area contributed by atoms with Crippen LogP contribution in [-0.2, 0) is 4.79 Å². The van der Waals surface area contributed by atoms with Crippen LogP contribution in [0.1, 0.15) is 12.8 Å². The molecule has 1 fully saturated rings. The summed E-state index contributed by atoms with van der Waals surface area (Å²) in [7, 11) is 0. The standard InChI is InChI=1S/C9H18N2O2S/c1-14-5-3-8(10)9(13)11-4-2-7(12)6-11/h7-8,12H,2-6,10H2,1H3/t7?,8-/m0/s1. The molecule has 1 rings (SSSR count). The van der Waals surface area contributed by atoms with Gasteiger partial charge in [0.25, 0.3) is 0 Å². The molecule has 1 aliphatic heterocycles. The quantitative estimate of drug-likeness (QED) is 0.677. The average Bonchev–Trinajstić information content (AvgIpc) is 2.60. The maximum Gasteiger partial charge on any atom is 0.239 e. The van der Waals surface area contributed by atoms with Crippen molar-refractivity contribution in [3.63, 3.8) is 0 Å². The highest BCUT2D eigenvalue weighted by molar-refractivity contribution is 7.98. The van der Waals surface area contributed by atoms with Crippen molar-refractivity contribution in [3.05, 3.63) is 0 Å². The number of thioether (sulfide) groups is 1. The molecule has 0 aromatic rings. The van der Waals surface area contributed by atoms with E-state index >= 15 is 0 Å². The summed E-state index contributed by atoms with van der Waals surface area (Å²) in [5.41, 5.74) is 5.74. The number of rotatable bonds is 4. The van der Waals surface area contributed by atoms with Crippen molar-refractivity contribution in [2.45, 2.75) is 25.0 Å². The number of nitrogens with two attached hydrogens (primary N) is 1. The Labute approximate surface area is 88.8 Å². The monoisotopic (exact) mass is 218 g/mol. The lowest BCUT2D eigenvalue weighted by atomic mass is 10.2. The third-order valence-corrected chi connectivity index (χ3v) is 3.07. The van der Waals surface area contributed by atoms with Gasteiger partial charge in [0.05, 0.1) is 12.1 Å². The molecule has 3 N–H and O–H groups in total. The maximum atomic E-state index is 11.7. The van der Waals surface area contributed by atoms with Gasteiger partial charge in [-0.2, -0.15) is 11.8 Å². The van der Waals surface area contributed by atoms with Crippen molar-refractivity contribution >= 4 is 17.7 Å². The zero-order valence-electron chi connectivity index (χ0n) is 8.48. The van der Waals surface area contributed by atoms with Crippen LogP contribution in [0.3, 0.4) is 0 Å². The van der Waals surface area contributed by atoms with Crippen LogP contribution in [-0.4, -0.2) is 53.2 Å². The van der Waals surface area contributed by atoms with E-state index in [2.05, 4.69) is 0 Å². The van der Waals surface area contributed by atoms with Crippen molar-refractivity contribution in [2.75, 3.05) is 25.1 Å². The fraction of sp³-hybridized carbons (Fsp3) is 0.889. The van der Waals surface area contributed by atoms with Gasteiger partial charge in [0.1, 0.15) is 0 Å². The Hall–Kier alpha value is -0.260. The van der Waals surface area contributed by atoms with Crippen molar-refractivity contribution < 1.29 is 9.90 Å². The summed E-state index contributed by atoms with van der Waals surface area (Å²) in [6.45, 7) is 1.10. The Morgan fingerprint density at radius 3 is 3.00 bits per heavy atom. The topological polar surface area (TPSA) is 66.6 Å². The smallest absolute Gasteiger partial charge is 0.239 e. The second-order valence-corrected chi connectivity index (χ2v) is 4.60. The number of aliphatic hydroxyl groups excluding tert-OH is 1. The third-order valence-electron chi connectivity index (χ3n) is 2.43. The SMILES string of the molecule is CSCC[C@H](N)C(=O)N1CCC(O)C1. The van der Waals surface area contributed by atoms with Gasteiger partial charge in [-0.05, 0) is 24.9 Å². The number of aliphatic hydroxyl groups is 1. The first-order chi connectivity index (χ1) is 6.65. The number of carbonyl (C=O) groups excluding carboxylic acids is 1. The third kappa shape index (κ3) is 3.15. The summed E-state index contributed by atoms with van der Waals surface area (Å²) in [5.74, 6) is 0.888. The summed E-state index contributed by atoms with van der Waals surface area (Å²) in [5, 5.41) is 9.27. The number of amides is 1. The summed E-state index contributed by atoms with van der Waals surface area (Å²) in [6.07, 6.45) is 3.04. The van der Waals surface area contributed by atoms with Crippen molar-refractivity contribution in [2.24, 2.45) is 5.73 Å². The minimum absolute atomic E-state index is 0.0180. The summed E-state index contributed by atoms with van der Waals surface area (Å²) < 4.78 is 0. The van der Waals surface area contributed by atoms with Gasteiger partial charge in [-0.25, -0.2) is 0 Å². The van der Waals surface area contributed by atoms with Gasteiger partial charge in [0.15, 0.2) is 0 Å². The molecule has 0 bridgehead atoms. The van der Waals surface area contributed by atoms with E-state index in [-0.39, 0.29) is 12.0 Å². The predicted octanol–water partition coefficient (Wildman–Crippen LogP) is -0.340. The zero-order valence-corrected chi connectivity index (χ0v) is 9.30. The molecule has 1 saturated heterocycles. The molecule has 82 valence electrons. The Morgan fingerprint density at radius 1 is 1.79 bits per heavy atom. The number of hydrogen-bond acceptors (Lipinski definition) is 4. The normalized spacial score (nSPS) is 23.9. The molecule has 14 heavy (non-hydrogen) atoms. The van der Waals surface area contributed by atoms with E-state index in [1.165, 1.54) is 0 Å². The zero-order chi connectivity index (χ0) is 10.6. The molecule has 0 saturated carbocycles. The molecule has 0 aromatic heterocycles. The van der Waals surface area contributed by atoms with Crippen molar-refractivity contribution in [1.82, 2.24) is 4.90 Å². The molecule has 1 heterocycles. The lowest BCUT2D eigenvalue weighted by Gasteiger charge is -2.19. The van der Waals surface area contributed by atoms with Crippen LogP contribution in [0.15, 0.2) is 0 Å². The van der Waals surface area contributed by atoms with E-state index in [4.69, 9.17) is 5.73 Å². The van der Waals surface area contributed by atoms with Crippen LogP contribution < -0.4 is 5.73 Å². The molecular weight excluding hydrogens is 200 g/mol. The van der Waals surface area contributed by atoms with Crippen LogP contribution in [0, 0.1) is 0 Å². The first-order valence-electron chi connectivity index (χ1n) is 4.86. The summed E-state index contributed by atoms with van der Waals surface area (Å²) >= 11 is 1.69. The summed E-state index contributed by atoms with van der Waals surface area (Å²) in [4.78, 5) is 13.3. The van der Waals surface area contributed by atoms with E-state index in [1.807, 2.05) is 6.26 Å². The van der Waals surface area contributed by atoms with Crippen molar-refractivity contribution in [3.8, 4) is 0 Å². The van der Waals surface area contributed by atoms with Gasteiger partial charge in [0.2, 0.25) is 5.91 Å². The number of β-amino-alcohol motifs (C(OH)–C–C–N with tert-alkyl or cyclic N) is 1. The Morgan fingerprint density at radius 2 is 2.50 bits per heavy atom. The average molecular weight is 218 g/mol. The highest BCUT2D eigenvalue weighted by Crippen LogP contribution is 2.11. The van der Waals surface area contributed by atoms with Crippen molar-refractivity contribution in [1.29, 1.82) is 0 Å². The molecule has 1 aliphatic rings. The second kappa shape index (κ2) is 5.58. The minimum atomic E-state index is -0.396. The molecule has 5 heteroatoms. The number of nitrogens with zero attached hydrogens (tertiary/aromatic N) is 1. The Kier molecular flexibility index (Phi) is 4.71. The van der Waals surface area contributed by atoms with Crippen LogP contribution in [0.2, 0.25) is 0 Å². The Bertz CT molecular complexity index is 201. The maximum absolute atomic E-state index is 11.7. The molecule has 1 unspecified atom stereocenters. The lowest BCUT2D eigenvalue weighted by Crippen LogP contribution is -2.43. The highest BCUT2D eigenvalue weighted by Gasteiger charge is 2.27. The minimum Gasteiger partial charge on any atom is -0.391 e. The number of carbonyl (C=O) groups is 1. The van der Waals surface area contributed by atoms with Gasteiger partial charge >= 0.3 is 0 Å². The predicted molar refractivity (Wildman–Crippen MR) is 58.2 cm³/mol. The molecule has 4 nitrogen and oxygen atoms in total. The highest BCUT2D eigenvalue weighted by atomic mass is 32.2. The largest absolute Gasteiger partial charge is 0.391 e. The molecule has 0 aromatic carbocycles. The number of likely N-dealkylation sites (tertiary alicyclic amines) is 1.